The summed E-state index contributed by atoms with van der Waals surface area (Å²) in [5, 5.41) is 54.0. The molecule has 0 aromatic carbocycles. The second-order valence-electron chi connectivity index (χ2n) is 3.99. The fraction of sp³-hybridized carbons (Fsp3) is 1.00. The third kappa shape index (κ3) is 20.2. The Morgan fingerprint density at radius 1 is 0.524 bits per heavy atom. The van der Waals surface area contributed by atoms with Gasteiger partial charge in [-0.3, -0.25) is 0 Å². The Labute approximate surface area is 137 Å². The van der Waals surface area contributed by atoms with Crippen molar-refractivity contribution < 1.29 is 47.7 Å². The van der Waals surface area contributed by atoms with Gasteiger partial charge in [0.25, 0.3) is 0 Å². The number of aliphatic hydroxyl groups excluding tert-OH is 4. The van der Waals surface area contributed by atoms with Gasteiger partial charge >= 0.3 is 17.1 Å². The van der Waals surface area contributed by atoms with Crippen LogP contribution in [0.5, 0.6) is 0 Å². The first kappa shape index (κ1) is 26.1. The van der Waals surface area contributed by atoms with Crippen molar-refractivity contribution in [2.45, 2.75) is 0 Å². The predicted octanol–water partition coefficient (Wildman–Crippen LogP) is -4.74. The van der Waals surface area contributed by atoms with E-state index in [2.05, 4.69) is 0 Å². The molecule has 0 aliphatic carbocycles. The predicted molar refractivity (Wildman–Crippen MR) is 71.0 cm³/mol. The van der Waals surface area contributed by atoms with Gasteiger partial charge in [-0.05, 0) is 13.1 Å². The average molecular weight is 360 g/mol. The minimum atomic E-state index is -0.181. The van der Waals surface area contributed by atoms with E-state index in [4.69, 9.17) is 20.4 Å². The zero-order valence-corrected chi connectivity index (χ0v) is 13.2. The molecule has 0 aromatic heterocycles. The maximum Gasteiger partial charge on any atom is 2.00 e. The first-order valence-electron chi connectivity index (χ1n) is 6.74. The summed E-state index contributed by atoms with van der Waals surface area (Å²) in [6, 6.07) is 0. The van der Waals surface area contributed by atoms with E-state index in [1.807, 2.05) is 0 Å². The van der Waals surface area contributed by atoms with Crippen molar-refractivity contribution in [1.29, 1.82) is 0 Å². The SMILES string of the molecule is [Cu+2].[O-]CCN(CCO)CCO.[O-]CCN(CCO)CCO. The molecule has 8 nitrogen and oxygen atoms in total. The summed E-state index contributed by atoms with van der Waals surface area (Å²) in [6.07, 6.45) is 0. The number of aliphatic hydroxyl groups is 4. The van der Waals surface area contributed by atoms with Gasteiger partial charge in [0.1, 0.15) is 0 Å². The minimum absolute atomic E-state index is 0. The fourth-order valence-corrected chi connectivity index (χ4v) is 1.49. The Morgan fingerprint density at radius 2 is 0.762 bits per heavy atom. The Balaban J connectivity index is -0.000000295. The average Bonchev–Trinajstić information content (AvgIpc) is 2.41. The van der Waals surface area contributed by atoms with Crippen molar-refractivity contribution in [3.8, 4) is 0 Å². The molecule has 0 heterocycles. The van der Waals surface area contributed by atoms with Crippen molar-refractivity contribution in [2.24, 2.45) is 0 Å². The maximum absolute atomic E-state index is 10.1. The van der Waals surface area contributed by atoms with Crippen LogP contribution in [0.3, 0.4) is 0 Å². The molecule has 0 unspecified atom stereocenters. The van der Waals surface area contributed by atoms with Gasteiger partial charge in [-0.15, -0.1) is 13.2 Å². The number of hydrogen-bond donors (Lipinski definition) is 4. The van der Waals surface area contributed by atoms with Crippen molar-refractivity contribution in [3.05, 3.63) is 0 Å². The first-order chi connectivity index (χ1) is 9.69. The second-order valence-corrected chi connectivity index (χ2v) is 3.99. The van der Waals surface area contributed by atoms with Crippen molar-refractivity contribution in [3.63, 3.8) is 0 Å². The third-order valence-electron chi connectivity index (χ3n) is 2.48. The van der Waals surface area contributed by atoms with Gasteiger partial charge in [-0.25, -0.2) is 0 Å². The summed E-state index contributed by atoms with van der Waals surface area (Å²) >= 11 is 0. The smallest absolute Gasteiger partial charge is 0.854 e. The summed E-state index contributed by atoms with van der Waals surface area (Å²) in [6.45, 7) is 2.51. The number of nitrogens with zero attached hydrogens (tertiary/aromatic N) is 2. The Bertz CT molecular complexity index is 135. The molecule has 0 spiro atoms. The normalized spacial score (nSPS) is 10.3. The molecule has 0 aliphatic rings. The molecule has 0 aromatic rings. The Hall–Kier alpha value is 0.199. The van der Waals surface area contributed by atoms with Crippen molar-refractivity contribution in [1.82, 2.24) is 9.80 Å². The van der Waals surface area contributed by atoms with Gasteiger partial charge in [0.2, 0.25) is 0 Å². The van der Waals surface area contributed by atoms with E-state index < -0.39 is 0 Å². The van der Waals surface area contributed by atoms with Crippen LogP contribution in [-0.4, -0.2) is 109 Å². The van der Waals surface area contributed by atoms with Crippen LogP contribution in [0.2, 0.25) is 0 Å². The molecule has 1 radical (unpaired) electrons. The molecule has 4 N–H and O–H groups in total. The first-order valence-corrected chi connectivity index (χ1v) is 6.74. The van der Waals surface area contributed by atoms with Crippen LogP contribution in [0.25, 0.3) is 0 Å². The number of rotatable bonds is 12. The standard InChI is InChI=1S/2C6H14NO3.Cu/c2*8-4-1-7(2-5-9)3-6-10;/h2*8-9H,1-6H2;/q2*-1;+2. The molecule has 133 valence electrons. The summed E-state index contributed by atoms with van der Waals surface area (Å²) in [5.41, 5.74) is 0. The second kappa shape index (κ2) is 22.5. The Morgan fingerprint density at radius 3 is 0.905 bits per heavy atom. The van der Waals surface area contributed by atoms with E-state index in [9.17, 15) is 10.2 Å². The molecule has 0 bridgehead atoms. The molecule has 0 saturated carbocycles. The zero-order chi connectivity index (χ0) is 15.6. The minimum Gasteiger partial charge on any atom is -0.854 e. The van der Waals surface area contributed by atoms with Crippen LogP contribution in [0.15, 0.2) is 0 Å². The molecular weight excluding hydrogens is 332 g/mol. The van der Waals surface area contributed by atoms with Crippen LogP contribution in [-0.2, 0) is 17.1 Å². The topological polar surface area (TPSA) is 134 Å². The Kier molecular flexibility index (Phi) is 28.0. The van der Waals surface area contributed by atoms with E-state index >= 15 is 0 Å². The summed E-state index contributed by atoms with van der Waals surface area (Å²) < 4.78 is 0. The largest absolute Gasteiger partial charge is 2.00 e. The van der Waals surface area contributed by atoms with Crippen LogP contribution in [0, 0.1) is 0 Å². The van der Waals surface area contributed by atoms with Crippen molar-refractivity contribution in [2.75, 3.05) is 78.9 Å². The van der Waals surface area contributed by atoms with Crippen LogP contribution < -0.4 is 10.2 Å². The quantitative estimate of drug-likeness (QED) is 0.255. The third-order valence-corrected chi connectivity index (χ3v) is 2.48. The monoisotopic (exact) mass is 359 g/mol. The molecule has 0 amide bonds. The van der Waals surface area contributed by atoms with E-state index in [-0.39, 0.29) is 56.7 Å². The van der Waals surface area contributed by atoms with Gasteiger partial charge in [-0.2, -0.15) is 0 Å². The molecule has 0 atom stereocenters. The molecular formula is C12H28CuN2O6. The van der Waals surface area contributed by atoms with Gasteiger partial charge < -0.3 is 40.4 Å². The van der Waals surface area contributed by atoms with Crippen LogP contribution in [0.4, 0.5) is 0 Å². The van der Waals surface area contributed by atoms with E-state index in [0.29, 0.717) is 39.3 Å². The van der Waals surface area contributed by atoms with Gasteiger partial charge in [0, 0.05) is 26.2 Å². The molecule has 0 aliphatic heterocycles. The molecule has 0 rings (SSSR count). The number of hydrogen-bond acceptors (Lipinski definition) is 8. The van der Waals surface area contributed by atoms with Gasteiger partial charge in [0.05, 0.1) is 26.4 Å². The van der Waals surface area contributed by atoms with E-state index in [1.165, 1.54) is 0 Å². The fourth-order valence-electron chi connectivity index (χ4n) is 1.49. The van der Waals surface area contributed by atoms with Crippen LogP contribution >= 0.6 is 0 Å². The summed E-state index contributed by atoms with van der Waals surface area (Å²) in [5.74, 6) is 0. The van der Waals surface area contributed by atoms with Crippen molar-refractivity contribution >= 4 is 0 Å². The maximum atomic E-state index is 10.1. The molecule has 0 fully saturated rings. The molecule has 0 saturated heterocycles. The van der Waals surface area contributed by atoms with Crippen LogP contribution in [0.1, 0.15) is 0 Å². The van der Waals surface area contributed by atoms with E-state index in [0.717, 1.165) is 0 Å². The van der Waals surface area contributed by atoms with E-state index in [1.54, 1.807) is 9.80 Å². The molecule has 21 heavy (non-hydrogen) atoms. The zero-order valence-electron chi connectivity index (χ0n) is 12.3. The van der Waals surface area contributed by atoms with Gasteiger partial charge in [0.15, 0.2) is 0 Å². The summed E-state index contributed by atoms with van der Waals surface area (Å²) in [4.78, 5) is 3.46. The molecule has 9 heteroatoms. The summed E-state index contributed by atoms with van der Waals surface area (Å²) in [7, 11) is 0. The van der Waals surface area contributed by atoms with Gasteiger partial charge in [-0.1, -0.05) is 0 Å².